The topological polar surface area (TPSA) is 20.3 Å². The highest BCUT2D eigenvalue weighted by atomic mass is 19.2. The number of hydrogen-bond donors (Lipinski definition) is 0. The molecule has 4 heteroatoms. The number of halogens is 2. The molecule has 1 amide bonds. The highest BCUT2D eigenvalue weighted by molar-refractivity contribution is 5.76. The average Bonchev–Trinajstić information content (AvgIpc) is 2.30. The number of carbonyl (C=O) groups is 1. The lowest BCUT2D eigenvalue weighted by Crippen LogP contribution is -2.30. The molecule has 0 heterocycles. The minimum absolute atomic E-state index is 0.00207. The van der Waals surface area contributed by atoms with Crippen LogP contribution in [0.4, 0.5) is 8.78 Å². The summed E-state index contributed by atoms with van der Waals surface area (Å²) in [5.74, 6) is -1.48. The zero-order valence-corrected chi connectivity index (χ0v) is 11.2. The molecule has 1 aromatic carbocycles. The van der Waals surface area contributed by atoms with E-state index in [2.05, 4.69) is 0 Å². The molecule has 0 aliphatic heterocycles. The van der Waals surface area contributed by atoms with Crippen molar-refractivity contribution in [1.82, 2.24) is 4.90 Å². The van der Waals surface area contributed by atoms with Gasteiger partial charge in [-0.05, 0) is 30.5 Å². The molecule has 0 radical (unpaired) electrons. The van der Waals surface area contributed by atoms with Crippen LogP contribution in [0.15, 0.2) is 18.2 Å². The molecule has 2 nitrogen and oxygen atoms in total. The van der Waals surface area contributed by atoms with Gasteiger partial charge in [-0.2, -0.15) is 0 Å². The van der Waals surface area contributed by atoms with Crippen LogP contribution in [0.3, 0.4) is 0 Å². The van der Waals surface area contributed by atoms with Gasteiger partial charge in [0.05, 0.1) is 6.04 Å². The summed E-state index contributed by atoms with van der Waals surface area (Å²) < 4.78 is 26.0. The fourth-order valence-corrected chi connectivity index (χ4v) is 1.71. The first-order valence-electron chi connectivity index (χ1n) is 6.03. The van der Waals surface area contributed by atoms with Gasteiger partial charge in [-0.3, -0.25) is 4.79 Å². The molecule has 0 saturated carbocycles. The van der Waals surface area contributed by atoms with E-state index >= 15 is 0 Å². The fraction of sp³-hybridized carbons (Fsp3) is 0.500. The molecular weight excluding hydrogens is 236 g/mol. The van der Waals surface area contributed by atoms with E-state index in [4.69, 9.17) is 0 Å². The van der Waals surface area contributed by atoms with Gasteiger partial charge in [-0.1, -0.05) is 19.9 Å². The number of amides is 1. The van der Waals surface area contributed by atoms with Gasteiger partial charge in [0.25, 0.3) is 0 Å². The van der Waals surface area contributed by atoms with E-state index in [1.165, 1.54) is 6.07 Å². The van der Waals surface area contributed by atoms with Crippen LogP contribution in [0.25, 0.3) is 0 Å². The third-order valence-electron chi connectivity index (χ3n) is 2.98. The summed E-state index contributed by atoms with van der Waals surface area (Å²) in [6, 6.07) is 3.45. The Balaban J connectivity index is 2.82. The van der Waals surface area contributed by atoms with E-state index in [9.17, 15) is 13.6 Å². The highest BCUT2D eigenvalue weighted by Gasteiger charge is 2.19. The van der Waals surface area contributed by atoms with Crippen LogP contribution < -0.4 is 0 Å². The summed E-state index contributed by atoms with van der Waals surface area (Å²) in [5, 5.41) is 0. The van der Waals surface area contributed by atoms with Crippen molar-refractivity contribution in [2.45, 2.75) is 33.2 Å². The Morgan fingerprint density at radius 3 is 2.33 bits per heavy atom. The maximum Gasteiger partial charge on any atom is 0.223 e. The van der Waals surface area contributed by atoms with E-state index in [0.29, 0.717) is 12.0 Å². The second-order valence-electron chi connectivity index (χ2n) is 4.95. The smallest absolute Gasteiger partial charge is 0.223 e. The third-order valence-corrected chi connectivity index (χ3v) is 2.98. The number of benzene rings is 1. The molecule has 0 bridgehead atoms. The Labute approximate surface area is 107 Å². The van der Waals surface area contributed by atoms with Gasteiger partial charge in [-0.25, -0.2) is 8.78 Å². The molecule has 100 valence electrons. The van der Waals surface area contributed by atoms with Crippen LogP contribution in [0.5, 0.6) is 0 Å². The van der Waals surface area contributed by atoms with Crippen LogP contribution in [-0.4, -0.2) is 17.9 Å². The van der Waals surface area contributed by atoms with Crippen LogP contribution >= 0.6 is 0 Å². The minimum Gasteiger partial charge on any atom is -0.339 e. The van der Waals surface area contributed by atoms with Crippen molar-refractivity contribution < 1.29 is 13.6 Å². The van der Waals surface area contributed by atoms with Crippen LogP contribution in [0.1, 0.15) is 38.8 Å². The molecule has 0 aliphatic carbocycles. The van der Waals surface area contributed by atoms with Crippen molar-refractivity contribution in [3.05, 3.63) is 35.4 Å². The molecule has 0 aromatic heterocycles. The molecule has 1 atom stereocenters. The quantitative estimate of drug-likeness (QED) is 0.806. The Morgan fingerprint density at radius 2 is 1.83 bits per heavy atom. The van der Waals surface area contributed by atoms with Crippen molar-refractivity contribution >= 4 is 5.91 Å². The molecule has 0 aliphatic rings. The van der Waals surface area contributed by atoms with Gasteiger partial charge in [0.15, 0.2) is 11.6 Å². The van der Waals surface area contributed by atoms with E-state index in [-0.39, 0.29) is 17.9 Å². The Kier molecular flexibility index (Phi) is 4.82. The summed E-state index contributed by atoms with van der Waals surface area (Å²) >= 11 is 0. The lowest BCUT2D eigenvalue weighted by molar-refractivity contribution is -0.132. The molecule has 1 aromatic rings. The van der Waals surface area contributed by atoms with E-state index in [1.807, 2.05) is 13.8 Å². The maximum atomic E-state index is 13.1. The van der Waals surface area contributed by atoms with Gasteiger partial charge < -0.3 is 4.90 Å². The zero-order chi connectivity index (χ0) is 13.9. The van der Waals surface area contributed by atoms with Crippen LogP contribution in [0, 0.1) is 17.6 Å². The van der Waals surface area contributed by atoms with Gasteiger partial charge in [-0.15, -0.1) is 0 Å². The lowest BCUT2D eigenvalue weighted by atomic mass is 10.0. The Morgan fingerprint density at radius 1 is 1.22 bits per heavy atom. The SMILES string of the molecule is CC(C)CC(=O)N(C)C(C)c1ccc(F)c(F)c1. The minimum atomic E-state index is -0.885. The molecule has 1 unspecified atom stereocenters. The van der Waals surface area contributed by atoms with Crippen molar-refractivity contribution in [3.63, 3.8) is 0 Å². The largest absolute Gasteiger partial charge is 0.339 e. The molecule has 0 fully saturated rings. The highest BCUT2D eigenvalue weighted by Crippen LogP contribution is 2.22. The molecule has 1 rings (SSSR count). The molecular formula is C14H19F2NO. The zero-order valence-electron chi connectivity index (χ0n) is 11.2. The Hall–Kier alpha value is -1.45. The number of hydrogen-bond acceptors (Lipinski definition) is 1. The predicted molar refractivity (Wildman–Crippen MR) is 67.0 cm³/mol. The molecule has 0 saturated heterocycles. The van der Waals surface area contributed by atoms with Crippen LogP contribution in [0.2, 0.25) is 0 Å². The maximum absolute atomic E-state index is 13.1. The third kappa shape index (κ3) is 3.52. The lowest BCUT2D eigenvalue weighted by Gasteiger charge is -2.26. The number of nitrogens with zero attached hydrogens (tertiary/aromatic N) is 1. The van der Waals surface area contributed by atoms with Crippen molar-refractivity contribution in [1.29, 1.82) is 0 Å². The van der Waals surface area contributed by atoms with Crippen molar-refractivity contribution in [2.75, 3.05) is 7.05 Å². The fourth-order valence-electron chi connectivity index (χ4n) is 1.71. The predicted octanol–water partition coefficient (Wildman–Crippen LogP) is 3.53. The van der Waals surface area contributed by atoms with E-state index in [0.717, 1.165) is 12.1 Å². The molecule has 0 N–H and O–H groups in total. The number of carbonyl (C=O) groups excluding carboxylic acids is 1. The summed E-state index contributed by atoms with van der Waals surface area (Å²) in [7, 11) is 1.68. The summed E-state index contributed by atoms with van der Waals surface area (Å²) in [5.41, 5.74) is 0.591. The van der Waals surface area contributed by atoms with Gasteiger partial charge >= 0.3 is 0 Å². The first-order valence-corrected chi connectivity index (χ1v) is 6.03. The van der Waals surface area contributed by atoms with E-state index < -0.39 is 11.6 Å². The van der Waals surface area contributed by atoms with Gasteiger partial charge in [0, 0.05) is 13.5 Å². The second kappa shape index (κ2) is 5.94. The van der Waals surface area contributed by atoms with Crippen molar-refractivity contribution in [3.8, 4) is 0 Å². The van der Waals surface area contributed by atoms with Crippen LogP contribution in [-0.2, 0) is 4.79 Å². The van der Waals surface area contributed by atoms with Gasteiger partial charge in [0.1, 0.15) is 0 Å². The summed E-state index contributed by atoms with van der Waals surface area (Å²) in [6.07, 6.45) is 0.449. The number of rotatable bonds is 4. The standard InChI is InChI=1S/C14H19F2NO/c1-9(2)7-14(18)17(4)10(3)11-5-6-12(15)13(16)8-11/h5-6,8-10H,7H2,1-4H3. The Bertz CT molecular complexity index is 432. The van der Waals surface area contributed by atoms with E-state index in [1.54, 1.807) is 18.9 Å². The molecule has 0 spiro atoms. The normalized spacial score (nSPS) is 12.6. The monoisotopic (exact) mass is 255 g/mol. The average molecular weight is 255 g/mol. The first kappa shape index (κ1) is 14.6. The first-order chi connectivity index (χ1) is 8.32. The van der Waals surface area contributed by atoms with Crippen molar-refractivity contribution in [2.24, 2.45) is 5.92 Å². The van der Waals surface area contributed by atoms with Gasteiger partial charge in [0.2, 0.25) is 5.91 Å². The summed E-state index contributed by atoms with van der Waals surface area (Å²) in [4.78, 5) is 13.4. The summed E-state index contributed by atoms with van der Waals surface area (Å²) in [6.45, 7) is 5.73. The molecule has 18 heavy (non-hydrogen) atoms. The second-order valence-corrected chi connectivity index (χ2v) is 4.95.